The molecule has 2 atom stereocenters. The molecule has 17 heavy (non-hydrogen) atoms. The fraction of sp³-hybridized carbons (Fsp3) is 1.00. The smallest absolute Gasteiger partial charge is 0.164 e. The zero-order chi connectivity index (χ0) is 12.3. The molecule has 2 rings (SSSR count). The van der Waals surface area contributed by atoms with E-state index in [0.717, 1.165) is 50.0 Å². The van der Waals surface area contributed by atoms with Gasteiger partial charge in [-0.25, -0.2) is 8.42 Å². The summed E-state index contributed by atoms with van der Waals surface area (Å²) in [4.78, 5) is 2.17. The number of hydrogen-bond donors (Lipinski definition) is 1. The number of thioether (sulfide) groups is 1. The van der Waals surface area contributed by atoms with Gasteiger partial charge < -0.3 is 5.32 Å². The molecule has 6 heteroatoms. The Morgan fingerprint density at radius 2 is 2.29 bits per heavy atom. The van der Waals surface area contributed by atoms with Crippen molar-refractivity contribution >= 4 is 21.6 Å². The van der Waals surface area contributed by atoms with E-state index in [9.17, 15) is 8.42 Å². The second-order valence-electron chi connectivity index (χ2n) is 5.04. The Kier molecular flexibility index (Phi) is 4.74. The first-order valence-corrected chi connectivity index (χ1v) is 9.39. The van der Waals surface area contributed by atoms with Crippen LogP contribution in [-0.2, 0) is 9.84 Å². The molecule has 2 unspecified atom stereocenters. The predicted octanol–water partition coefficient (Wildman–Crippen LogP) is 0.406. The van der Waals surface area contributed by atoms with Gasteiger partial charge in [0.25, 0.3) is 0 Å². The van der Waals surface area contributed by atoms with E-state index in [0.29, 0.717) is 0 Å². The second-order valence-corrected chi connectivity index (χ2v) is 8.40. The summed E-state index contributed by atoms with van der Waals surface area (Å²) in [6, 6.07) is 0. The van der Waals surface area contributed by atoms with Crippen molar-refractivity contribution in [1.29, 1.82) is 0 Å². The van der Waals surface area contributed by atoms with Crippen LogP contribution in [0.1, 0.15) is 12.8 Å². The van der Waals surface area contributed by atoms with Crippen molar-refractivity contribution < 1.29 is 8.42 Å². The van der Waals surface area contributed by atoms with Gasteiger partial charge in [-0.15, -0.1) is 0 Å². The van der Waals surface area contributed by atoms with E-state index in [-0.39, 0.29) is 5.37 Å². The van der Waals surface area contributed by atoms with Crippen LogP contribution in [0.4, 0.5) is 0 Å². The highest BCUT2D eigenvalue weighted by molar-refractivity contribution is 8.00. The fourth-order valence-electron chi connectivity index (χ4n) is 2.57. The number of nitrogens with zero attached hydrogens (tertiary/aromatic N) is 1. The average molecular weight is 278 g/mol. The summed E-state index contributed by atoms with van der Waals surface area (Å²) in [5, 5.41) is 3.11. The van der Waals surface area contributed by atoms with Gasteiger partial charge >= 0.3 is 0 Å². The minimum Gasteiger partial charge on any atom is -0.316 e. The molecule has 2 saturated heterocycles. The maximum atomic E-state index is 11.7. The van der Waals surface area contributed by atoms with Crippen LogP contribution in [0.3, 0.4) is 0 Å². The van der Waals surface area contributed by atoms with Gasteiger partial charge in [0.15, 0.2) is 9.84 Å². The van der Waals surface area contributed by atoms with Gasteiger partial charge in [0.1, 0.15) is 5.37 Å². The zero-order valence-corrected chi connectivity index (χ0v) is 12.0. The lowest BCUT2D eigenvalue weighted by Crippen LogP contribution is -2.47. The van der Waals surface area contributed by atoms with Gasteiger partial charge in [0.05, 0.1) is 0 Å². The third-order valence-corrected chi connectivity index (χ3v) is 6.36. The van der Waals surface area contributed by atoms with Gasteiger partial charge in [-0.2, -0.15) is 11.8 Å². The standard InChI is InChI=1S/C11H22N2O2S2/c1-17(14,15)11-9-16-7-6-13(11)5-3-10-2-4-12-8-10/h10-12H,2-9H2,1H3. The minimum atomic E-state index is -2.93. The van der Waals surface area contributed by atoms with E-state index in [1.807, 2.05) is 0 Å². The molecule has 0 saturated carbocycles. The first-order chi connectivity index (χ1) is 8.07. The maximum Gasteiger partial charge on any atom is 0.164 e. The van der Waals surface area contributed by atoms with Crippen LogP contribution in [0.15, 0.2) is 0 Å². The molecule has 0 spiro atoms. The minimum absolute atomic E-state index is 0.254. The van der Waals surface area contributed by atoms with Crippen LogP contribution < -0.4 is 5.32 Å². The molecule has 0 aromatic carbocycles. The quantitative estimate of drug-likeness (QED) is 0.807. The third-order valence-electron chi connectivity index (χ3n) is 3.67. The lowest BCUT2D eigenvalue weighted by atomic mass is 10.0. The Bertz CT molecular complexity index is 339. The van der Waals surface area contributed by atoms with Crippen molar-refractivity contribution in [3.8, 4) is 0 Å². The molecule has 2 heterocycles. The maximum absolute atomic E-state index is 11.7. The summed E-state index contributed by atoms with van der Waals surface area (Å²) >= 11 is 1.76. The Labute approximate surface area is 108 Å². The highest BCUT2D eigenvalue weighted by Gasteiger charge is 2.31. The molecule has 4 nitrogen and oxygen atoms in total. The summed E-state index contributed by atoms with van der Waals surface area (Å²) in [5.74, 6) is 2.54. The first-order valence-electron chi connectivity index (χ1n) is 6.29. The molecule has 2 fully saturated rings. The van der Waals surface area contributed by atoms with Crippen molar-refractivity contribution in [2.45, 2.75) is 18.2 Å². The highest BCUT2D eigenvalue weighted by Crippen LogP contribution is 2.22. The third kappa shape index (κ3) is 3.84. The van der Waals surface area contributed by atoms with Gasteiger partial charge in [-0.3, -0.25) is 4.90 Å². The average Bonchev–Trinajstić information content (AvgIpc) is 2.78. The van der Waals surface area contributed by atoms with Crippen LogP contribution in [0.25, 0.3) is 0 Å². The predicted molar refractivity (Wildman–Crippen MR) is 73.1 cm³/mol. The largest absolute Gasteiger partial charge is 0.316 e. The lowest BCUT2D eigenvalue weighted by molar-refractivity contribution is 0.251. The molecule has 100 valence electrons. The Hall–Kier alpha value is 0.220. The molecule has 1 N–H and O–H groups in total. The summed E-state index contributed by atoms with van der Waals surface area (Å²) < 4.78 is 23.5. The molecule has 2 aliphatic rings. The normalized spacial score (nSPS) is 31.8. The number of nitrogens with one attached hydrogen (secondary N) is 1. The Morgan fingerprint density at radius 1 is 1.47 bits per heavy atom. The van der Waals surface area contributed by atoms with E-state index in [1.54, 1.807) is 11.8 Å². The topological polar surface area (TPSA) is 49.4 Å². The van der Waals surface area contributed by atoms with E-state index in [2.05, 4.69) is 10.2 Å². The van der Waals surface area contributed by atoms with Crippen molar-refractivity contribution in [3.05, 3.63) is 0 Å². The van der Waals surface area contributed by atoms with Crippen LogP contribution in [0, 0.1) is 5.92 Å². The van der Waals surface area contributed by atoms with E-state index in [1.165, 1.54) is 12.7 Å². The molecule has 0 bridgehead atoms. The summed E-state index contributed by atoms with van der Waals surface area (Å²) in [6.07, 6.45) is 3.74. The van der Waals surface area contributed by atoms with Gasteiger partial charge in [-0.05, 0) is 38.4 Å². The van der Waals surface area contributed by atoms with Gasteiger partial charge in [0, 0.05) is 24.3 Å². The molecule has 0 aliphatic carbocycles. The monoisotopic (exact) mass is 278 g/mol. The van der Waals surface area contributed by atoms with Crippen LogP contribution in [-0.4, -0.2) is 62.6 Å². The molecule has 0 amide bonds. The number of hydrogen-bond acceptors (Lipinski definition) is 5. The van der Waals surface area contributed by atoms with Gasteiger partial charge in [0.2, 0.25) is 0 Å². The van der Waals surface area contributed by atoms with Crippen LogP contribution >= 0.6 is 11.8 Å². The van der Waals surface area contributed by atoms with E-state index < -0.39 is 9.84 Å². The van der Waals surface area contributed by atoms with Crippen molar-refractivity contribution in [3.63, 3.8) is 0 Å². The molecular formula is C11H22N2O2S2. The van der Waals surface area contributed by atoms with Crippen molar-refractivity contribution in [2.75, 3.05) is 43.9 Å². The van der Waals surface area contributed by atoms with Crippen molar-refractivity contribution in [2.24, 2.45) is 5.92 Å². The summed E-state index contributed by atoms with van der Waals surface area (Å²) in [6.45, 7) is 4.08. The lowest BCUT2D eigenvalue weighted by Gasteiger charge is -2.34. The SMILES string of the molecule is CS(=O)(=O)C1CSCCN1CCC1CCNC1. The van der Waals surface area contributed by atoms with Gasteiger partial charge in [-0.1, -0.05) is 0 Å². The Morgan fingerprint density at radius 3 is 2.94 bits per heavy atom. The van der Waals surface area contributed by atoms with Crippen LogP contribution in [0.5, 0.6) is 0 Å². The zero-order valence-electron chi connectivity index (χ0n) is 10.4. The first kappa shape index (κ1) is 13.6. The highest BCUT2D eigenvalue weighted by atomic mass is 32.2. The fourth-order valence-corrected chi connectivity index (χ4v) is 5.55. The van der Waals surface area contributed by atoms with E-state index in [4.69, 9.17) is 0 Å². The number of sulfone groups is 1. The summed E-state index contributed by atoms with van der Waals surface area (Å²) in [5.41, 5.74) is 0. The molecule has 0 aromatic heterocycles. The summed E-state index contributed by atoms with van der Waals surface area (Å²) in [7, 11) is -2.93. The van der Waals surface area contributed by atoms with Crippen LogP contribution in [0.2, 0.25) is 0 Å². The molecule has 0 radical (unpaired) electrons. The Balaban J connectivity index is 1.87. The molecular weight excluding hydrogens is 256 g/mol. The van der Waals surface area contributed by atoms with Crippen molar-refractivity contribution in [1.82, 2.24) is 10.2 Å². The number of rotatable bonds is 4. The molecule has 0 aromatic rings. The molecule has 2 aliphatic heterocycles. The second kappa shape index (κ2) is 5.91. The van der Waals surface area contributed by atoms with E-state index >= 15 is 0 Å².